The number of benzene rings is 8. The molecule has 0 aliphatic heterocycles. The topological polar surface area (TPSA) is 47.3 Å². The lowest BCUT2D eigenvalue weighted by Gasteiger charge is -2.26. The number of oxazole rings is 1. The van der Waals surface area contributed by atoms with Crippen LogP contribution in [0.1, 0.15) is 23.1 Å². The van der Waals surface area contributed by atoms with Crippen LogP contribution in [0.15, 0.2) is 191 Å². The Hall–Kier alpha value is -7.63. The highest BCUT2D eigenvalue weighted by Crippen LogP contribution is 2.42. The molecule has 0 unspecified atom stereocenters. The summed E-state index contributed by atoms with van der Waals surface area (Å²) in [5, 5.41) is 4.72. The lowest BCUT2D eigenvalue weighted by Crippen LogP contribution is -2.10. The highest BCUT2D eigenvalue weighted by Gasteiger charge is 2.21. The van der Waals surface area contributed by atoms with Crippen LogP contribution in [0.4, 0.5) is 17.1 Å². The van der Waals surface area contributed by atoms with Gasteiger partial charge in [0.1, 0.15) is 16.7 Å². The van der Waals surface area contributed by atoms with Gasteiger partial charge in [-0.2, -0.15) is 0 Å². The maximum atomic E-state index is 6.38. The van der Waals surface area contributed by atoms with Gasteiger partial charge in [0, 0.05) is 55.4 Å². The molecular weight excluding hydrogens is 711 g/mol. The molecule has 0 atom stereocenters. The number of para-hydroxylation sites is 3. The van der Waals surface area contributed by atoms with Crippen molar-refractivity contribution in [1.82, 2.24) is 9.55 Å². The molecule has 11 aromatic rings. The third kappa shape index (κ3) is 5.21. The second kappa shape index (κ2) is 13.0. The number of aromatic nitrogens is 2. The van der Waals surface area contributed by atoms with Crippen LogP contribution < -0.4 is 4.90 Å². The van der Waals surface area contributed by atoms with Crippen molar-refractivity contribution in [1.29, 1.82) is 0 Å². The minimum absolute atomic E-state index is 0.667. The van der Waals surface area contributed by atoms with Crippen LogP contribution in [0.2, 0.25) is 0 Å². The standard InChI is InChI=1S/C53H35N3O2/c1-2-10-35(11-3-1)53-54-47-30-21-37-32-36(20-29-42(37)52(47)58-53)34-18-22-38(23-19-34)55(41-28-31-51-46(33-41)45-14-6-9-17-50(45)57-51)39-24-26-40(27-25-39)56-48-15-7-4-12-43(48)44-13-5-8-16-49(44)56/h1-19,21-28,30-33H,20,29H2. The van der Waals surface area contributed by atoms with Crippen molar-refractivity contribution in [3.8, 4) is 17.1 Å². The second-order valence-corrected chi connectivity index (χ2v) is 15.1. The number of fused-ring (bicyclic) bond motifs is 9. The Bertz CT molecular complexity index is 3330. The lowest BCUT2D eigenvalue weighted by molar-refractivity contribution is 0.614. The zero-order valence-electron chi connectivity index (χ0n) is 31.5. The van der Waals surface area contributed by atoms with E-state index < -0.39 is 0 Å². The summed E-state index contributed by atoms with van der Waals surface area (Å²) in [5.74, 6) is 0.667. The largest absolute Gasteiger partial charge is 0.456 e. The number of furan rings is 1. The average Bonchev–Trinajstić information content (AvgIpc) is 4.00. The summed E-state index contributed by atoms with van der Waals surface area (Å²) >= 11 is 0. The first kappa shape index (κ1) is 32.6. The first-order valence-electron chi connectivity index (χ1n) is 19.8. The number of hydrogen-bond acceptors (Lipinski definition) is 4. The molecule has 0 spiro atoms. The third-order valence-electron chi connectivity index (χ3n) is 11.8. The molecule has 0 amide bonds. The summed E-state index contributed by atoms with van der Waals surface area (Å²) in [4.78, 5) is 7.16. The normalized spacial score (nSPS) is 12.8. The van der Waals surface area contributed by atoms with Gasteiger partial charge in [0.25, 0.3) is 0 Å². The molecule has 5 nitrogen and oxygen atoms in total. The summed E-state index contributed by atoms with van der Waals surface area (Å²) in [6.45, 7) is 0. The Morgan fingerprint density at radius 2 is 1.12 bits per heavy atom. The lowest BCUT2D eigenvalue weighted by atomic mass is 9.88. The summed E-state index contributed by atoms with van der Waals surface area (Å²) in [7, 11) is 0. The molecule has 3 aromatic heterocycles. The Labute approximate surface area is 334 Å². The van der Waals surface area contributed by atoms with Crippen LogP contribution in [-0.4, -0.2) is 9.55 Å². The number of rotatable bonds is 6. The zero-order chi connectivity index (χ0) is 38.2. The maximum Gasteiger partial charge on any atom is 0.227 e. The summed E-state index contributed by atoms with van der Waals surface area (Å²) < 4.78 is 15.0. The minimum atomic E-state index is 0.667. The van der Waals surface area contributed by atoms with E-state index in [4.69, 9.17) is 13.8 Å². The molecule has 1 aliphatic rings. The smallest absolute Gasteiger partial charge is 0.227 e. The van der Waals surface area contributed by atoms with Crippen LogP contribution in [0.25, 0.3) is 83.6 Å². The van der Waals surface area contributed by atoms with Gasteiger partial charge in [0.2, 0.25) is 5.89 Å². The van der Waals surface area contributed by atoms with Gasteiger partial charge in [-0.25, -0.2) is 4.98 Å². The fourth-order valence-electron chi connectivity index (χ4n) is 8.98. The van der Waals surface area contributed by atoms with Crippen molar-refractivity contribution in [3.05, 3.63) is 199 Å². The molecule has 0 fully saturated rings. The molecule has 1 aliphatic carbocycles. The monoisotopic (exact) mass is 745 g/mol. The molecule has 12 rings (SSSR count). The second-order valence-electron chi connectivity index (χ2n) is 15.1. The molecule has 0 saturated carbocycles. The highest BCUT2D eigenvalue weighted by atomic mass is 16.3. The molecule has 58 heavy (non-hydrogen) atoms. The first-order valence-corrected chi connectivity index (χ1v) is 19.8. The maximum absolute atomic E-state index is 6.38. The molecule has 0 bridgehead atoms. The van der Waals surface area contributed by atoms with E-state index in [9.17, 15) is 0 Å². The van der Waals surface area contributed by atoms with Crippen molar-refractivity contribution in [2.75, 3.05) is 4.90 Å². The zero-order valence-corrected chi connectivity index (χ0v) is 31.5. The van der Waals surface area contributed by atoms with Crippen LogP contribution in [0.5, 0.6) is 0 Å². The van der Waals surface area contributed by atoms with Crippen molar-refractivity contribution in [2.45, 2.75) is 12.8 Å². The summed E-state index contributed by atoms with van der Waals surface area (Å²) in [6.07, 6.45) is 4.14. The van der Waals surface area contributed by atoms with Crippen LogP contribution >= 0.6 is 0 Å². The van der Waals surface area contributed by atoms with Crippen LogP contribution in [0, 0.1) is 0 Å². The van der Waals surface area contributed by atoms with E-state index in [1.807, 2.05) is 42.5 Å². The fraction of sp³-hybridized carbons (Fsp3) is 0.0377. The van der Waals surface area contributed by atoms with Gasteiger partial charge in [0.15, 0.2) is 5.58 Å². The Morgan fingerprint density at radius 3 is 1.88 bits per heavy atom. The highest BCUT2D eigenvalue weighted by molar-refractivity contribution is 6.09. The Kier molecular flexibility index (Phi) is 7.29. The number of anilines is 3. The number of allylic oxidation sites excluding steroid dienone is 1. The number of hydrogen-bond donors (Lipinski definition) is 0. The van der Waals surface area contributed by atoms with Gasteiger partial charge in [-0.15, -0.1) is 0 Å². The van der Waals surface area contributed by atoms with Crippen molar-refractivity contribution < 1.29 is 8.83 Å². The fourth-order valence-corrected chi connectivity index (χ4v) is 8.98. The molecule has 274 valence electrons. The SMILES string of the molecule is C1=C(c2ccc(N(c3ccc(-n4c5ccccc5c5ccccc54)cc3)c3ccc4oc5ccccc5c4c3)cc2)CCc2c1ccc1nc(-c3ccccc3)oc21. The van der Waals surface area contributed by atoms with Gasteiger partial charge in [-0.3, -0.25) is 0 Å². The average molecular weight is 746 g/mol. The molecule has 8 aromatic carbocycles. The van der Waals surface area contributed by atoms with Gasteiger partial charge in [-0.1, -0.05) is 97.1 Å². The van der Waals surface area contributed by atoms with Crippen LogP contribution in [-0.2, 0) is 6.42 Å². The Balaban J connectivity index is 0.934. The van der Waals surface area contributed by atoms with Crippen molar-refractivity contribution in [3.63, 3.8) is 0 Å². The molecule has 5 heteroatoms. The van der Waals surface area contributed by atoms with E-state index >= 15 is 0 Å². The minimum Gasteiger partial charge on any atom is -0.456 e. The van der Waals surface area contributed by atoms with Gasteiger partial charge < -0.3 is 18.3 Å². The van der Waals surface area contributed by atoms with Crippen molar-refractivity contribution >= 4 is 83.6 Å². The summed E-state index contributed by atoms with van der Waals surface area (Å²) in [5.41, 5.74) is 16.2. The molecule has 0 saturated heterocycles. The van der Waals surface area contributed by atoms with E-state index in [1.54, 1.807) is 0 Å². The van der Waals surface area contributed by atoms with E-state index in [0.717, 1.165) is 74.2 Å². The number of aryl methyl sites for hydroxylation is 1. The quantitative estimate of drug-likeness (QED) is 0.170. The van der Waals surface area contributed by atoms with E-state index in [2.05, 4.69) is 155 Å². The first-order chi connectivity index (χ1) is 28.7. The predicted molar refractivity (Wildman–Crippen MR) is 238 cm³/mol. The Morgan fingerprint density at radius 1 is 0.483 bits per heavy atom. The van der Waals surface area contributed by atoms with E-state index in [-0.39, 0.29) is 0 Å². The van der Waals surface area contributed by atoms with E-state index in [1.165, 1.54) is 44.1 Å². The van der Waals surface area contributed by atoms with Gasteiger partial charge in [-0.05, 0) is 121 Å². The van der Waals surface area contributed by atoms with Crippen LogP contribution in [0.3, 0.4) is 0 Å². The van der Waals surface area contributed by atoms with Gasteiger partial charge in [0.05, 0.1) is 11.0 Å². The van der Waals surface area contributed by atoms with Crippen molar-refractivity contribution in [2.24, 2.45) is 0 Å². The molecular formula is C53H35N3O2. The predicted octanol–water partition coefficient (Wildman–Crippen LogP) is 14.4. The molecule has 0 N–H and O–H groups in total. The summed E-state index contributed by atoms with van der Waals surface area (Å²) in [6, 6.07) is 64.4. The van der Waals surface area contributed by atoms with E-state index in [0.29, 0.717) is 5.89 Å². The van der Waals surface area contributed by atoms with Gasteiger partial charge >= 0.3 is 0 Å². The number of nitrogens with zero attached hydrogens (tertiary/aromatic N) is 3. The third-order valence-corrected chi connectivity index (χ3v) is 11.8. The molecule has 3 heterocycles. The molecule has 0 radical (unpaired) electrons.